The second-order valence-corrected chi connectivity index (χ2v) is 6.78. The monoisotopic (exact) mass is 380 g/mol. The summed E-state index contributed by atoms with van der Waals surface area (Å²) in [6.07, 6.45) is 2.18. The molecule has 0 amide bonds. The molecule has 1 saturated heterocycles. The van der Waals surface area contributed by atoms with E-state index in [1.807, 2.05) is 13.8 Å². The van der Waals surface area contributed by atoms with E-state index >= 15 is 0 Å². The molecular weight excluding hydrogens is 347 g/mol. The van der Waals surface area contributed by atoms with Gasteiger partial charge in [0.15, 0.2) is 17.5 Å². The van der Waals surface area contributed by atoms with E-state index in [0.29, 0.717) is 12.6 Å². The highest BCUT2D eigenvalue weighted by Gasteiger charge is 2.24. The van der Waals surface area contributed by atoms with Gasteiger partial charge in [0.1, 0.15) is 6.10 Å². The SMILES string of the molecule is CCNC(=NCC(C)Oc1ccccc1F)NCC1CCCN1CCOC. The molecule has 0 bridgehead atoms. The topological polar surface area (TPSA) is 58.1 Å². The molecule has 6 nitrogen and oxygen atoms in total. The summed E-state index contributed by atoms with van der Waals surface area (Å²) < 4.78 is 24.5. The molecule has 0 radical (unpaired) electrons. The van der Waals surface area contributed by atoms with Crippen LogP contribution >= 0.6 is 0 Å². The second kappa shape index (κ2) is 11.8. The van der Waals surface area contributed by atoms with Crippen molar-refractivity contribution in [1.82, 2.24) is 15.5 Å². The Morgan fingerprint density at radius 3 is 2.93 bits per heavy atom. The maximum Gasteiger partial charge on any atom is 0.191 e. The van der Waals surface area contributed by atoms with Crippen LogP contribution in [0.3, 0.4) is 0 Å². The molecule has 1 aliphatic rings. The van der Waals surface area contributed by atoms with Gasteiger partial charge in [0.2, 0.25) is 0 Å². The second-order valence-electron chi connectivity index (χ2n) is 6.78. The zero-order valence-corrected chi connectivity index (χ0v) is 16.7. The number of guanidine groups is 1. The summed E-state index contributed by atoms with van der Waals surface area (Å²) in [5.41, 5.74) is 0. The predicted octanol–water partition coefficient (Wildman–Crippen LogP) is 2.26. The van der Waals surface area contributed by atoms with E-state index in [9.17, 15) is 4.39 Å². The number of nitrogens with zero attached hydrogens (tertiary/aromatic N) is 2. The number of likely N-dealkylation sites (tertiary alicyclic amines) is 1. The lowest BCUT2D eigenvalue weighted by molar-refractivity contribution is 0.141. The fourth-order valence-corrected chi connectivity index (χ4v) is 3.20. The van der Waals surface area contributed by atoms with Crippen molar-refractivity contribution in [2.75, 3.05) is 46.4 Å². The number of halogens is 1. The number of para-hydroxylation sites is 1. The van der Waals surface area contributed by atoms with E-state index in [2.05, 4.69) is 20.5 Å². The third-order valence-electron chi connectivity index (χ3n) is 4.60. The fourth-order valence-electron chi connectivity index (χ4n) is 3.20. The van der Waals surface area contributed by atoms with E-state index in [-0.39, 0.29) is 17.7 Å². The zero-order valence-electron chi connectivity index (χ0n) is 16.7. The zero-order chi connectivity index (χ0) is 19.5. The summed E-state index contributed by atoms with van der Waals surface area (Å²) in [6.45, 7) is 8.85. The first kappa shape index (κ1) is 21.4. The molecule has 152 valence electrons. The Balaban J connectivity index is 1.83. The minimum Gasteiger partial charge on any atom is -0.486 e. The standard InChI is InChI=1S/C20H33FN4O2/c1-4-22-20(24-15-17-8-7-11-25(17)12-13-26-3)23-14-16(2)27-19-10-6-5-9-18(19)21/h5-6,9-10,16-17H,4,7-8,11-15H2,1-3H3,(H2,22,23,24). The smallest absolute Gasteiger partial charge is 0.191 e. The van der Waals surface area contributed by atoms with Gasteiger partial charge in [-0.15, -0.1) is 0 Å². The van der Waals surface area contributed by atoms with Crippen LogP contribution in [0.15, 0.2) is 29.3 Å². The van der Waals surface area contributed by atoms with E-state index < -0.39 is 0 Å². The lowest BCUT2D eigenvalue weighted by Gasteiger charge is -2.25. The van der Waals surface area contributed by atoms with Crippen LogP contribution in [0.1, 0.15) is 26.7 Å². The number of hydrogen-bond acceptors (Lipinski definition) is 4. The Morgan fingerprint density at radius 1 is 1.37 bits per heavy atom. The van der Waals surface area contributed by atoms with Crippen molar-refractivity contribution in [2.45, 2.75) is 38.8 Å². The lowest BCUT2D eigenvalue weighted by atomic mass is 10.2. The predicted molar refractivity (Wildman–Crippen MR) is 107 cm³/mol. The first-order chi connectivity index (χ1) is 13.1. The molecule has 1 heterocycles. The molecule has 0 spiro atoms. The summed E-state index contributed by atoms with van der Waals surface area (Å²) in [4.78, 5) is 7.05. The number of nitrogens with one attached hydrogen (secondary N) is 2. The van der Waals surface area contributed by atoms with Gasteiger partial charge >= 0.3 is 0 Å². The largest absolute Gasteiger partial charge is 0.486 e. The van der Waals surface area contributed by atoms with Gasteiger partial charge in [0.05, 0.1) is 13.2 Å². The number of benzene rings is 1. The quantitative estimate of drug-likeness (QED) is 0.482. The highest BCUT2D eigenvalue weighted by molar-refractivity contribution is 5.79. The van der Waals surface area contributed by atoms with Gasteiger partial charge in [0.25, 0.3) is 0 Å². The number of ether oxygens (including phenoxy) is 2. The molecule has 7 heteroatoms. The Hall–Kier alpha value is -1.86. The van der Waals surface area contributed by atoms with Crippen molar-refractivity contribution in [3.8, 4) is 5.75 Å². The van der Waals surface area contributed by atoms with Gasteiger partial charge in [-0.05, 0) is 45.4 Å². The minimum absolute atomic E-state index is 0.220. The Morgan fingerprint density at radius 2 is 2.19 bits per heavy atom. The summed E-state index contributed by atoms with van der Waals surface area (Å²) in [5.74, 6) is 0.675. The van der Waals surface area contributed by atoms with E-state index in [4.69, 9.17) is 9.47 Å². The van der Waals surface area contributed by atoms with Gasteiger partial charge in [-0.3, -0.25) is 4.90 Å². The normalized spacial score (nSPS) is 19.1. The van der Waals surface area contributed by atoms with E-state index in [1.165, 1.54) is 18.9 Å². The lowest BCUT2D eigenvalue weighted by Crippen LogP contribution is -2.45. The van der Waals surface area contributed by atoms with Gasteiger partial charge < -0.3 is 20.1 Å². The highest BCUT2D eigenvalue weighted by atomic mass is 19.1. The van der Waals surface area contributed by atoms with Gasteiger partial charge in [0, 0.05) is 32.8 Å². The molecule has 1 aromatic carbocycles. The Bertz CT molecular complexity index is 585. The van der Waals surface area contributed by atoms with Crippen LogP contribution in [0, 0.1) is 5.82 Å². The van der Waals surface area contributed by atoms with Gasteiger partial charge in [-0.2, -0.15) is 0 Å². The van der Waals surface area contributed by atoms with Crippen LogP contribution in [0.25, 0.3) is 0 Å². The Labute approximate surface area is 162 Å². The van der Waals surface area contributed by atoms with Crippen LogP contribution in [-0.2, 0) is 4.74 Å². The average molecular weight is 381 g/mol. The van der Waals surface area contributed by atoms with E-state index in [0.717, 1.165) is 38.7 Å². The molecule has 1 aliphatic heterocycles. The molecular formula is C20H33FN4O2. The molecule has 0 saturated carbocycles. The number of aliphatic imine (C=N–C) groups is 1. The first-order valence-electron chi connectivity index (χ1n) is 9.80. The van der Waals surface area contributed by atoms with E-state index in [1.54, 1.807) is 25.3 Å². The van der Waals surface area contributed by atoms with Gasteiger partial charge in [-0.25, -0.2) is 9.38 Å². The molecule has 2 N–H and O–H groups in total. The fraction of sp³-hybridized carbons (Fsp3) is 0.650. The number of hydrogen-bond donors (Lipinski definition) is 2. The van der Waals surface area contributed by atoms with Gasteiger partial charge in [-0.1, -0.05) is 12.1 Å². The van der Waals surface area contributed by atoms with Crippen LogP contribution < -0.4 is 15.4 Å². The molecule has 1 aromatic rings. The van der Waals surface area contributed by atoms with Crippen molar-refractivity contribution < 1.29 is 13.9 Å². The van der Waals surface area contributed by atoms with Crippen LogP contribution in [0.4, 0.5) is 4.39 Å². The van der Waals surface area contributed by atoms with Crippen LogP contribution in [0.5, 0.6) is 5.75 Å². The van der Waals surface area contributed by atoms with Crippen molar-refractivity contribution in [1.29, 1.82) is 0 Å². The van der Waals surface area contributed by atoms with Crippen molar-refractivity contribution in [3.05, 3.63) is 30.1 Å². The maximum absolute atomic E-state index is 13.7. The van der Waals surface area contributed by atoms with Crippen LogP contribution in [-0.4, -0.2) is 69.4 Å². The number of rotatable bonds is 10. The van der Waals surface area contributed by atoms with Crippen molar-refractivity contribution in [3.63, 3.8) is 0 Å². The third-order valence-corrected chi connectivity index (χ3v) is 4.60. The van der Waals surface area contributed by atoms with Crippen molar-refractivity contribution >= 4 is 5.96 Å². The minimum atomic E-state index is -0.351. The molecule has 0 aromatic heterocycles. The number of methoxy groups -OCH3 is 1. The molecule has 2 unspecified atom stereocenters. The molecule has 1 fully saturated rings. The summed E-state index contributed by atoms with van der Waals surface area (Å²) in [5, 5.41) is 6.69. The summed E-state index contributed by atoms with van der Waals surface area (Å²) in [7, 11) is 1.74. The molecule has 27 heavy (non-hydrogen) atoms. The molecule has 2 rings (SSSR count). The average Bonchev–Trinajstić information content (AvgIpc) is 3.11. The third kappa shape index (κ3) is 7.34. The first-order valence-corrected chi connectivity index (χ1v) is 9.80. The summed E-state index contributed by atoms with van der Waals surface area (Å²) in [6, 6.07) is 6.94. The molecule has 0 aliphatic carbocycles. The summed E-state index contributed by atoms with van der Waals surface area (Å²) >= 11 is 0. The van der Waals surface area contributed by atoms with Crippen molar-refractivity contribution in [2.24, 2.45) is 4.99 Å². The van der Waals surface area contributed by atoms with Crippen LogP contribution in [0.2, 0.25) is 0 Å². The molecule has 2 atom stereocenters. The maximum atomic E-state index is 13.7. The highest BCUT2D eigenvalue weighted by Crippen LogP contribution is 2.17. The Kier molecular flexibility index (Phi) is 9.35.